The number of para-hydroxylation sites is 1. The lowest BCUT2D eigenvalue weighted by Crippen LogP contribution is -2.34. The Balaban J connectivity index is 1.72. The quantitative estimate of drug-likeness (QED) is 0.355. The number of allylic oxidation sites excluding steroid dienone is 1. The predicted octanol–water partition coefficient (Wildman–Crippen LogP) is 2.20. The van der Waals surface area contributed by atoms with Crippen LogP contribution in [0.15, 0.2) is 51.6 Å². The monoisotopic (exact) mass is 475 g/mol. The van der Waals surface area contributed by atoms with Crippen LogP contribution < -0.4 is 10.7 Å². The Morgan fingerprint density at radius 1 is 1.06 bits per heavy atom. The molecule has 1 amide bonds. The van der Waals surface area contributed by atoms with Gasteiger partial charge in [-0.3, -0.25) is 9.59 Å². The van der Waals surface area contributed by atoms with Gasteiger partial charge in [0.25, 0.3) is 5.91 Å². The van der Waals surface area contributed by atoms with Crippen molar-refractivity contribution in [1.29, 1.82) is 0 Å². The highest BCUT2D eigenvalue weighted by Crippen LogP contribution is 2.31. The molecule has 3 rings (SSSR count). The molecule has 0 fully saturated rings. The molecule has 3 N–H and O–H groups in total. The fourth-order valence-corrected chi connectivity index (χ4v) is 3.77. The molecule has 34 heavy (non-hydrogen) atoms. The maximum absolute atomic E-state index is 13.1. The molecule has 1 aliphatic heterocycles. The van der Waals surface area contributed by atoms with Crippen molar-refractivity contribution in [3.8, 4) is 0 Å². The van der Waals surface area contributed by atoms with Crippen LogP contribution in [0.3, 0.4) is 0 Å². The standard InChI is InChI=1S/C25H33NO8/c27-10-6-2-1-5-9-26-25(30)22-15-18(16-23(34-22)32-14-13-31-12-11-28)20-17-33-21-8-4-3-7-19(21)24(20)29/h3-4,7-8,15,17-18,23,27-28H,1-2,5-6,9-14,16H2,(H,26,30)/t18-,23+/m0/s1. The Bertz CT molecular complexity index is 1000. The van der Waals surface area contributed by atoms with Crippen molar-refractivity contribution in [2.75, 3.05) is 39.6 Å². The number of nitrogens with one attached hydrogen (secondary N) is 1. The zero-order valence-electron chi connectivity index (χ0n) is 19.2. The molecule has 9 nitrogen and oxygen atoms in total. The van der Waals surface area contributed by atoms with Crippen LogP contribution in [-0.4, -0.2) is 62.0 Å². The number of benzene rings is 1. The summed E-state index contributed by atoms with van der Waals surface area (Å²) in [7, 11) is 0. The van der Waals surface area contributed by atoms with Crippen LogP contribution in [0, 0.1) is 0 Å². The van der Waals surface area contributed by atoms with E-state index in [1.807, 2.05) is 0 Å². The summed E-state index contributed by atoms with van der Waals surface area (Å²) >= 11 is 0. The maximum Gasteiger partial charge on any atom is 0.286 e. The first-order valence-corrected chi connectivity index (χ1v) is 11.7. The molecule has 0 radical (unpaired) electrons. The fourth-order valence-electron chi connectivity index (χ4n) is 3.77. The van der Waals surface area contributed by atoms with Gasteiger partial charge in [0.05, 0.1) is 38.1 Å². The maximum atomic E-state index is 13.1. The van der Waals surface area contributed by atoms with Crippen molar-refractivity contribution >= 4 is 16.9 Å². The van der Waals surface area contributed by atoms with E-state index in [2.05, 4.69) is 5.32 Å². The first-order chi connectivity index (χ1) is 16.6. The van der Waals surface area contributed by atoms with Gasteiger partial charge in [0.15, 0.2) is 11.2 Å². The van der Waals surface area contributed by atoms with Crippen LogP contribution in [0.2, 0.25) is 0 Å². The summed E-state index contributed by atoms with van der Waals surface area (Å²) in [4.78, 5) is 25.9. The van der Waals surface area contributed by atoms with E-state index in [0.717, 1.165) is 25.7 Å². The summed E-state index contributed by atoms with van der Waals surface area (Å²) in [6.07, 6.45) is 6.02. The van der Waals surface area contributed by atoms with Gasteiger partial charge in [-0.25, -0.2) is 0 Å². The molecular weight excluding hydrogens is 442 g/mol. The number of rotatable bonds is 14. The van der Waals surface area contributed by atoms with Gasteiger partial charge in [0, 0.05) is 31.1 Å². The third-order valence-corrected chi connectivity index (χ3v) is 5.52. The van der Waals surface area contributed by atoms with E-state index in [9.17, 15) is 9.59 Å². The topological polar surface area (TPSA) is 127 Å². The second kappa shape index (κ2) is 13.9. The molecule has 2 aromatic rings. The Labute approximate surface area is 198 Å². The van der Waals surface area contributed by atoms with E-state index in [1.54, 1.807) is 30.3 Å². The number of amides is 1. The number of unbranched alkanes of at least 4 members (excludes halogenated alkanes) is 3. The second-order valence-corrected chi connectivity index (χ2v) is 8.04. The minimum absolute atomic E-state index is 0.0766. The molecule has 186 valence electrons. The lowest BCUT2D eigenvalue weighted by Gasteiger charge is -2.29. The number of aliphatic hydroxyl groups is 2. The average molecular weight is 476 g/mol. The third kappa shape index (κ3) is 7.39. The molecule has 1 aromatic heterocycles. The highest BCUT2D eigenvalue weighted by atomic mass is 16.7. The number of carbonyl (C=O) groups excluding carboxylic acids is 1. The molecule has 0 saturated heterocycles. The van der Waals surface area contributed by atoms with Gasteiger partial charge < -0.3 is 34.2 Å². The van der Waals surface area contributed by atoms with Crippen LogP contribution in [0.25, 0.3) is 11.0 Å². The molecule has 0 unspecified atom stereocenters. The Kier molecular flexibility index (Phi) is 10.6. The van der Waals surface area contributed by atoms with Crippen LogP contribution in [0.4, 0.5) is 0 Å². The molecule has 2 heterocycles. The highest BCUT2D eigenvalue weighted by molar-refractivity contribution is 5.91. The van der Waals surface area contributed by atoms with Gasteiger partial charge >= 0.3 is 0 Å². The van der Waals surface area contributed by atoms with E-state index < -0.39 is 12.2 Å². The predicted molar refractivity (Wildman–Crippen MR) is 125 cm³/mol. The SMILES string of the molecule is O=C(NCCCCCCO)C1=C[C@H](c2coc3ccccc3c2=O)C[C@H](OCCOCCO)O1. The van der Waals surface area contributed by atoms with Gasteiger partial charge in [-0.2, -0.15) is 0 Å². The molecule has 1 aliphatic rings. The van der Waals surface area contributed by atoms with Gasteiger partial charge in [-0.05, 0) is 31.1 Å². The van der Waals surface area contributed by atoms with Crippen molar-refractivity contribution in [2.24, 2.45) is 0 Å². The average Bonchev–Trinajstić information content (AvgIpc) is 2.86. The van der Waals surface area contributed by atoms with Crippen LogP contribution >= 0.6 is 0 Å². The first kappa shape index (κ1) is 25.9. The summed E-state index contributed by atoms with van der Waals surface area (Å²) in [5, 5.41) is 21.0. The summed E-state index contributed by atoms with van der Waals surface area (Å²) in [6, 6.07) is 7.03. The highest BCUT2D eigenvalue weighted by Gasteiger charge is 2.30. The van der Waals surface area contributed by atoms with Crippen LogP contribution in [-0.2, 0) is 19.0 Å². The van der Waals surface area contributed by atoms with Crippen molar-refractivity contribution in [3.05, 3.63) is 58.2 Å². The Morgan fingerprint density at radius 2 is 1.88 bits per heavy atom. The second-order valence-electron chi connectivity index (χ2n) is 8.04. The molecule has 9 heteroatoms. The van der Waals surface area contributed by atoms with Crippen molar-refractivity contribution < 1.29 is 33.6 Å². The largest absolute Gasteiger partial charge is 0.464 e. The van der Waals surface area contributed by atoms with E-state index in [1.165, 1.54) is 6.26 Å². The van der Waals surface area contributed by atoms with Crippen molar-refractivity contribution in [2.45, 2.75) is 44.3 Å². The van der Waals surface area contributed by atoms with Gasteiger partial charge in [0.2, 0.25) is 6.29 Å². The lowest BCUT2D eigenvalue weighted by atomic mass is 9.93. The zero-order valence-corrected chi connectivity index (χ0v) is 19.2. The number of fused-ring (bicyclic) bond motifs is 1. The smallest absolute Gasteiger partial charge is 0.286 e. The van der Waals surface area contributed by atoms with E-state index in [-0.39, 0.29) is 50.1 Å². The van der Waals surface area contributed by atoms with Gasteiger partial charge in [-0.1, -0.05) is 25.0 Å². The number of hydrogen-bond donors (Lipinski definition) is 3. The van der Waals surface area contributed by atoms with Crippen molar-refractivity contribution in [3.63, 3.8) is 0 Å². The molecular formula is C25H33NO8. The summed E-state index contributed by atoms with van der Waals surface area (Å²) in [5.41, 5.74) is 0.778. The first-order valence-electron chi connectivity index (χ1n) is 11.7. The fraction of sp³-hybridized carbons (Fsp3) is 0.520. The third-order valence-electron chi connectivity index (χ3n) is 5.52. The van der Waals surface area contributed by atoms with Gasteiger partial charge in [-0.15, -0.1) is 0 Å². The van der Waals surface area contributed by atoms with E-state index in [0.29, 0.717) is 29.5 Å². The minimum Gasteiger partial charge on any atom is -0.464 e. The Morgan fingerprint density at radius 3 is 2.71 bits per heavy atom. The molecule has 0 aliphatic carbocycles. The number of carbonyl (C=O) groups is 1. The lowest BCUT2D eigenvalue weighted by molar-refractivity contribution is -0.151. The zero-order chi connectivity index (χ0) is 24.2. The number of aliphatic hydroxyl groups excluding tert-OH is 2. The van der Waals surface area contributed by atoms with Crippen LogP contribution in [0.1, 0.15) is 43.6 Å². The van der Waals surface area contributed by atoms with E-state index >= 15 is 0 Å². The van der Waals surface area contributed by atoms with Gasteiger partial charge in [0.1, 0.15) is 5.58 Å². The molecule has 0 spiro atoms. The number of ether oxygens (including phenoxy) is 3. The molecule has 2 atom stereocenters. The summed E-state index contributed by atoms with van der Waals surface area (Å²) in [5.74, 6) is -0.703. The van der Waals surface area contributed by atoms with E-state index in [4.69, 9.17) is 28.8 Å². The molecule has 0 saturated carbocycles. The van der Waals surface area contributed by atoms with Crippen molar-refractivity contribution in [1.82, 2.24) is 5.32 Å². The number of hydrogen-bond acceptors (Lipinski definition) is 8. The normalized spacial score (nSPS) is 17.9. The Hall–Kier alpha value is -2.72. The molecule has 1 aromatic carbocycles. The van der Waals surface area contributed by atoms with Crippen LogP contribution in [0.5, 0.6) is 0 Å². The summed E-state index contributed by atoms with van der Waals surface area (Å²) in [6.45, 7) is 1.26. The summed E-state index contributed by atoms with van der Waals surface area (Å²) < 4.78 is 22.4. The molecule has 0 bridgehead atoms. The minimum atomic E-state index is -0.746.